The molecule has 1 heterocycles. The zero-order valence-corrected chi connectivity index (χ0v) is 33.5. The zero-order valence-electron chi connectivity index (χ0n) is 30.4. The van der Waals surface area contributed by atoms with Crippen LogP contribution in [0.3, 0.4) is 0 Å². The molecule has 0 unspecified atom stereocenters. The van der Waals surface area contributed by atoms with Crippen molar-refractivity contribution in [3.63, 3.8) is 0 Å². The van der Waals surface area contributed by atoms with Crippen LogP contribution in [0.1, 0.15) is 99.2 Å². The van der Waals surface area contributed by atoms with Gasteiger partial charge in [0, 0.05) is 12.5 Å². The Kier molecular flexibility index (Phi) is 17.9. The summed E-state index contributed by atoms with van der Waals surface area (Å²) in [6, 6.07) is 0. The first-order valence-electron chi connectivity index (χ1n) is 16.1. The monoisotopic (exact) mass is 749 g/mol. The first-order chi connectivity index (χ1) is 22.0. The molecule has 1 aromatic heterocycles. The average Bonchev–Trinajstić information content (AvgIpc) is 3.37. The minimum absolute atomic E-state index is 0.127. The van der Waals surface area contributed by atoms with Gasteiger partial charge in [-0.05, 0) is 72.3 Å². The van der Waals surface area contributed by atoms with Gasteiger partial charge < -0.3 is 18.9 Å². The number of esters is 1. The van der Waals surface area contributed by atoms with Gasteiger partial charge >= 0.3 is 12.1 Å². The summed E-state index contributed by atoms with van der Waals surface area (Å²) in [4.78, 5) is 43.9. The van der Waals surface area contributed by atoms with Crippen molar-refractivity contribution in [1.82, 2.24) is 4.98 Å². The fourth-order valence-corrected chi connectivity index (χ4v) is 5.83. The second-order valence-corrected chi connectivity index (χ2v) is 17.6. The van der Waals surface area contributed by atoms with Crippen molar-refractivity contribution in [3.05, 3.63) is 45.5 Å². The second kappa shape index (κ2) is 19.5. The molecule has 5 atom stereocenters. The van der Waals surface area contributed by atoms with E-state index in [0.717, 1.165) is 22.7 Å². The number of rotatable bonds is 17. The number of hydrogen-bond donors (Lipinski definition) is 0. The molecule has 1 aromatic rings. The summed E-state index contributed by atoms with van der Waals surface area (Å²) in [5.74, 6) is -1.50. The number of Topliss-reactive ketones (excluding diaryl/α,β-unsaturated/α-hetero) is 1. The molecule has 8 nitrogen and oxygen atoms in total. The van der Waals surface area contributed by atoms with Gasteiger partial charge in [0.2, 0.25) is 3.79 Å². The largest absolute Gasteiger partial charge is 0.508 e. The number of ketones is 1. The van der Waals surface area contributed by atoms with Crippen molar-refractivity contribution in [2.24, 2.45) is 23.2 Å². The van der Waals surface area contributed by atoms with Crippen LogP contribution < -0.4 is 0 Å². The van der Waals surface area contributed by atoms with Crippen LogP contribution in [0, 0.1) is 30.1 Å². The molecule has 0 spiro atoms. The SMILES string of the molecule is CO[C@@H](CC(=O)OC(C)(C)C)C(C)(C)C(=O)[C@H](C)[C@@H](OC(=O)OCC(Cl)(Cl)Cl)[C@@H](C)C/C=C/C(C)=C\C[C@H](C)/C(C)=C/c1csc(C)n1. The molecule has 48 heavy (non-hydrogen) atoms. The fraction of sp³-hybridized carbons (Fsp3) is 0.667. The van der Waals surface area contributed by atoms with Crippen LogP contribution >= 0.6 is 46.1 Å². The number of aryl methyl sites for hydroxylation is 1. The number of methoxy groups -OCH3 is 1. The van der Waals surface area contributed by atoms with Crippen molar-refractivity contribution < 1.29 is 33.3 Å². The van der Waals surface area contributed by atoms with Crippen molar-refractivity contribution in [2.45, 2.75) is 117 Å². The highest BCUT2D eigenvalue weighted by Crippen LogP contribution is 2.35. The van der Waals surface area contributed by atoms with Crippen LogP contribution in [-0.2, 0) is 28.5 Å². The van der Waals surface area contributed by atoms with E-state index in [1.54, 1.807) is 52.9 Å². The Labute approximate surface area is 306 Å². The van der Waals surface area contributed by atoms with Gasteiger partial charge in [-0.3, -0.25) is 9.59 Å². The maximum Gasteiger partial charge on any atom is 0.508 e. The Hall–Kier alpha value is -1.91. The molecular weight excluding hydrogens is 697 g/mol. The third-order valence-electron chi connectivity index (χ3n) is 8.02. The van der Waals surface area contributed by atoms with Crippen molar-refractivity contribution >= 4 is 70.1 Å². The van der Waals surface area contributed by atoms with Gasteiger partial charge in [-0.1, -0.05) is 98.8 Å². The van der Waals surface area contributed by atoms with E-state index >= 15 is 0 Å². The molecule has 12 heteroatoms. The second-order valence-electron chi connectivity index (χ2n) is 14.0. The smallest absolute Gasteiger partial charge is 0.460 e. The van der Waals surface area contributed by atoms with Crippen LogP contribution in [0.4, 0.5) is 4.79 Å². The van der Waals surface area contributed by atoms with E-state index in [2.05, 4.69) is 36.4 Å². The summed E-state index contributed by atoms with van der Waals surface area (Å²) in [5.41, 5.74) is 1.51. The fourth-order valence-electron chi connectivity index (χ4n) is 5.10. The van der Waals surface area contributed by atoms with E-state index in [1.807, 2.05) is 32.9 Å². The molecule has 0 amide bonds. The highest BCUT2D eigenvalue weighted by atomic mass is 35.6. The predicted molar refractivity (Wildman–Crippen MR) is 197 cm³/mol. The molecule has 0 aliphatic carbocycles. The number of carbonyl (C=O) groups excluding carboxylic acids is 3. The molecular formula is C36H54Cl3NO7S. The number of thiazole rings is 1. The van der Waals surface area contributed by atoms with E-state index < -0.39 is 51.7 Å². The van der Waals surface area contributed by atoms with E-state index in [1.165, 1.54) is 12.7 Å². The molecule has 0 saturated carbocycles. The topological polar surface area (TPSA) is 101 Å². The number of carbonyl (C=O) groups is 3. The van der Waals surface area contributed by atoms with Gasteiger partial charge in [0.25, 0.3) is 0 Å². The highest BCUT2D eigenvalue weighted by Gasteiger charge is 2.45. The summed E-state index contributed by atoms with van der Waals surface area (Å²) in [7, 11) is 1.44. The lowest BCUT2D eigenvalue weighted by molar-refractivity contribution is -0.161. The number of aromatic nitrogens is 1. The van der Waals surface area contributed by atoms with Crippen molar-refractivity contribution in [2.75, 3.05) is 13.7 Å². The Balaban J connectivity index is 3.11. The normalized spacial score (nSPS) is 16.6. The van der Waals surface area contributed by atoms with Crippen molar-refractivity contribution in [1.29, 1.82) is 0 Å². The molecule has 0 fully saturated rings. The predicted octanol–water partition coefficient (Wildman–Crippen LogP) is 10.3. The Bertz CT molecular complexity index is 1310. The van der Waals surface area contributed by atoms with Gasteiger partial charge in [-0.2, -0.15) is 0 Å². The quantitative estimate of drug-likeness (QED) is 0.0881. The summed E-state index contributed by atoms with van der Waals surface area (Å²) in [5, 5.41) is 3.10. The van der Waals surface area contributed by atoms with Gasteiger partial charge in [-0.25, -0.2) is 9.78 Å². The van der Waals surface area contributed by atoms with E-state index in [9.17, 15) is 14.4 Å². The van der Waals surface area contributed by atoms with Crippen LogP contribution in [0.5, 0.6) is 0 Å². The molecule has 0 N–H and O–H groups in total. The number of halogens is 3. The molecule has 1 rings (SSSR count). The maximum atomic E-state index is 14.0. The standard InChI is InChI=1S/C36H54Cl3NO7S/c1-22(16-17-23(2)25(4)18-28-20-48-27(6)40-28)14-13-15-24(3)31(46-33(43)45-21-36(37,38)39)26(5)32(42)35(10,11)29(44-12)19-30(41)47-34(7,8)9/h13-14,16,18,20,23-24,26,29,31H,15,17,19,21H2,1-12H3/b14-13+,22-16-,25-18+/t23-,24-,26+,29-,31-/m0/s1. The van der Waals surface area contributed by atoms with E-state index in [0.29, 0.717) is 12.3 Å². The lowest BCUT2D eigenvalue weighted by atomic mass is 9.73. The molecule has 0 aliphatic rings. The zero-order chi connectivity index (χ0) is 37.0. The highest BCUT2D eigenvalue weighted by molar-refractivity contribution is 7.09. The average molecular weight is 751 g/mol. The first-order valence-corrected chi connectivity index (χ1v) is 18.1. The van der Waals surface area contributed by atoms with Crippen LogP contribution in [-0.4, -0.2) is 58.2 Å². The number of hydrogen-bond acceptors (Lipinski definition) is 9. The number of alkyl halides is 3. The molecule has 272 valence electrons. The number of nitrogens with zero attached hydrogens (tertiary/aromatic N) is 1. The van der Waals surface area contributed by atoms with Gasteiger partial charge in [-0.15, -0.1) is 11.3 Å². The summed E-state index contributed by atoms with van der Waals surface area (Å²) in [6.07, 6.45) is 6.82. The first kappa shape index (κ1) is 44.1. The Morgan fingerprint density at radius 2 is 1.65 bits per heavy atom. The van der Waals surface area contributed by atoms with Crippen molar-refractivity contribution in [3.8, 4) is 0 Å². The molecule has 0 radical (unpaired) electrons. The Morgan fingerprint density at radius 3 is 2.17 bits per heavy atom. The molecule has 0 aliphatic heterocycles. The van der Waals surface area contributed by atoms with Crippen LogP contribution in [0.2, 0.25) is 0 Å². The molecule has 0 aromatic carbocycles. The number of ether oxygens (including phenoxy) is 4. The number of allylic oxidation sites excluding steroid dienone is 5. The van der Waals surface area contributed by atoms with E-state index in [-0.39, 0.29) is 18.1 Å². The minimum Gasteiger partial charge on any atom is -0.460 e. The van der Waals surface area contributed by atoms with Gasteiger partial charge in [0.15, 0.2) is 0 Å². The minimum atomic E-state index is -1.82. The lowest BCUT2D eigenvalue weighted by Gasteiger charge is -2.37. The lowest BCUT2D eigenvalue weighted by Crippen LogP contribution is -2.47. The van der Waals surface area contributed by atoms with Crippen LogP contribution in [0.25, 0.3) is 6.08 Å². The van der Waals surface area contributed by atoms with Gasteiger partial charge in [0.1, 0.15) is 24.1 Å². The van der Waals surface area contributed by atoms with Gasteiger partial charge in [0.05, 0.1) is 34.6 Å². The summed E-state index contributed by atoms with van der Waals surface area (Å²) in [6.45, 7) is 20.1. The Morgan fingerprint density at radius 1 is 1.02 bits per heavy atom. The molecule has 0 bridgehead atoms. The third-order valence-corrected chi connectivity index (χ3v) is 9.14. The third kappa shape index (κ3) is 16.2. The van der Waals surface area contributed by atoms with E-state index in [4.69, 9.17) is 53.8 Å². The molecule has 0 saturated heterocycles. The summed E-state index contributed by atoms with van der Waals surface area (Å²) >= 11 is 18.9. The maximum absolute atomic E-state index is 14.0. The summed E-state index contributed by atoms with van der Waals surface area (Å²) < 4.78 is 20.0. The van der Waals surface area contributed by atoms with Crippen LogP contribution in [0.15, 0.2) is 34.8 Å².